The third-order valence-electron chi connectivity index (χ3n) is 4.50. The van der Waals surface area contributed by atoms with Crippen LogP contribution in [0.15, 0.2) is 48.5 Å². The normalized spacial score (nSPS) is 11.7. The van der Waals surface area contributed by atoms with Crippen LogP contribution in [0.5, 0.6) is 0 Å². The highest BCUT2D eigenvalue weighted by Gasteiger charge is 2.16. The number of ether oxygens (including phenoxy) is 1. The lowest BCUT2D eigenvalue weighted by molar-refractivity contribution is -0.141. The summed E-state index contributed by atoms with van der Waals surface area (Å²) in [4.78, 5) is 23.2. The maximum Gasteiger partial charge on any atom is 0.302 e. The molecule has 2 rings (SSSR count). The molecule has 2 aromatic rings. The highest BCUT2D eigenvalue weighted by atomic mass is 16.5. The van der Waals surface area contributed by atoms with Crippen molar-refractivity contribution in [1.29, 1.82) is 0 Å². The van der Waals surface area contributed by atoms with Crippen molar-refractivity contribution in [3.63, 3.8) is 0 Å². The summed E-state index contributed by atoms with van der Waals surface area (Å²) < 4.78 is 4.97. The minimum Gasteiger partial charge on any atom is -0.466 e. The highest BCUT2D eigenvalue weighted by Crippen LogP contribution is 2.29. The first-order chi connectivity index (χ1) is 12.5. The van der Waals surface area contributed by atoms with Crippen LogP contribution in [-0.4, -0.2) is 25.5 Å². The van der Waals surface area contributed by atoms with Gasteiger partial charge >= 0.3 is 5.97 Å². The molecular weight excluding hydrogens is 326 g/mol. The van der Waals surface area contributed by atoms with E-state index in [2.05, 4.69) is 24.4 Å². The number of unbranched alkanes of at least 4 members (excludes halogenated alkanes) is 1. The van der Waals surface area contributed by atoms with Gasteiger partial charge in [-0.25, -0.2) is 0 Å². The molecule has 0 spiro atoms. The molecule has 1 amide bonds. The van der Waals surface area contributed by atoms with Crippen molar-refractivity contribution in [2.75, 3.05) is 13.7 Å². The molecule has 1 atom stereocenters. The molecule has 0 aliphatic rings. The summed E-state index contributed by atoms with van der Waals surface area (Å²) in [6, 6.07) is 16.2. The van der Waals surface area contributed by atoms with E-state index in [1.54, 1.807) is 7.05 Å². The number of rotatable bonds is 8. The molecule has 26 heavy (non-hydrogen) atoms. The lowest BCUT2D eigenvalue weighted by atomic mass is 9.89. The summed E-state index contributed by atoms with van der Waals surface area (Å²) in [5.74, 6) is -0.0505. The molecule has 0 bridgehead atoms. The molecule has 0 radical (unpaired) electrons. The van der Waals surface area contributed by atoms with E-state index in [-0.39, 0.29) is 17.8 Å². The maximum absolute atomic E-state index is 12.4. The van der Waals surface area contributed by atoms with Crippen LogP contribution in [0.1, 0.15) is 54.9 Å². The number of hydrogen-bond donors (Lipinski definition) is 1. The zero-order chi connectivity index (χ0) is 18.9. The monoisotopic (exact) mass is 353 g/mol. The van der Waals surface area contributed by atoms with Gasteiger partial charge < -0.3 is 10.1 Å². The van der Waals surface area contributed by atoms with Crippen LogP contribution in [-0.2, 0) is 9.53 Å². The highest BCUT2D eigenvalue weighted by molar-refractivity contribution is 5.97. The van der Waals surface area contributed by atoms with Crippen molar-refractivity contribution in [2.45, 2.75) is 39.0 Å². The Bertz CT molecular complexity index is 740. The molecule has 0 saturated heterocycles. The van der Waals surface area contributed by atoms with Crippen LogP contribution in [0.3, 0.4) is 0 Å². The predicted molar refractivity (Wildman–Crippen MR) is 104 cm³/mol. The van der Waals surface area contributed by atoms with Gasteiger partial charge in [0.25, 0.3) is 5.91 Å². The molecule has 1 N–H and O–H groups in total. The standard InChI is InChI=1S/C22H27NO3/c1-16(9-7-8-14-26-17(2)24)20-13-12-19(15-21(20)22(25)23-3)18-10-5-4-6-11-18/h4-6,10-13,15-16H,7-9,14H2,1-3H3,(H,23,25). The van der Waals surface area contributed by atoms with E-state index < -0.39 is 0 Å². The predicted octanol–water partition coefficient (Wildman–Crippen LogP) is 4.55. The second kappa shape index (κ2) is 9.76. The molecule has 138 valence electrons. The Kier molecular flexibility index (Phi) is 7.39. The summed E-state index contributed by atoms with van der Waals surface area (Å²) >= 11 is 0. The third-order valence-corrected chi connectivity index (χ3v) is 4.50. The van der Waals surface area contributed by atoms with E-state index >= 15 is 0 Å². The van der Waals surface area contributed by atoms with Crippen molar-refractivity contribution in [3.8, 4) is 11.1 Å². The minimum atomic E-state index is -0.239. The summed E-state index contributed by atoms with van der Waals surface area (Å²) in [6.07, 6.45) is 2.72. The van der Waals surface area contributed by atoms with Crippen LogP contribution in [0.4, 0.5) is 0 Å². The van der Waals surface area contributed by atoms with Gasteiger partial charge in [-0.1, -0.05) is 49.4 Å². The number of carbonyl (C=O) groups excluding carboxylic acids is 2. The van der Waals surface area contributed by atoms with Gasteiger partial charge in [0.2, 0.25) is 0 Å². The lowest BCUT2D eigenvalue weighted by Crippen LogP contribution is -2.20. The van der Waals surface area contributed by atoms with Crippen LogP contribution >= 0.6 is 0 Å². The van der Waals surface area contributed by atoms with Crippen molar-refractivity contribution >= 4 is 11.9 Å². The average molecular weight is 353 g/mol. The van der Waals surface area contributed by atoms with Gasteiger partial charge in [-0.15, -0.1) is 0 Å². The van der Waals surface area contributed by atoms with Crippen molar-refractivity contribution in [2.24, 2.45) is 0 Å². The number of nitrogens with one attached hydrogen (secondary N) is 1. The molecule has 4 nitrogen and oxygen atoms in total. The first-order valence-corrected chi connectivity index (χ1v) is 9.07. The Hall–Kier alpha value is -2.62. The Morgan fingerprint density at radius 3 is 2.42 bits per heavy atom. The largest absolute Gasteiger partial charge is 0.466 e. The molecule has 0 aromatic heterocycles. The number of benzene rings is 2. The smallest absolute Gasteiger partial charge is 0.302 e. The number of carbonyl (C=O) groups is 2. The fourth-order valence-corrected chi connectivity index (χ4v) is 3.05. The Morgan fingerprint density at radius 2 is 1.77 bits per heavy atom. The number of esters is 1. The Morgan fingerprint density at radius 1 is 1.04 bits per heavy atom. The van der Waals surface area contributed by atoms with E-state index in [9.17, 15) is 9.59 Å². The van der Waals surface area contributed by atoms with Gasteiger partial charge in [0, 0.05) is 19.5 Å². The van der Waals surface area contributed by atoms with Crippen molar-refractivity contribution in [3.05, 3.63) is 59.7 Å². The molecule has 0 heterocycles. The van der Waals surface area contributed by atoms with Gasteiger partial charge in [0.1, 0.15) is 0 Å². The molecule has 4 heteroatoms. The van der Waals surface area contributed by atoms with Gasteiger partial charge in [-0.2, -0.15) is 0 Å². The first-order valence-electron chi connectivity index (χ1n) is 9.07. The van der Waals surface area contributed by atoms with Crippen LogP contribution in [0, 0.1) is 0 Å². The van der Waals surface area contributed by atoms with Gasteiger partial charge in [0.15, 0.2) is 0 Å². The fraction of sp³-hybridized carbons (Fsp3) is 0.364. The second-order valence-corrected chi connectivity index (χ2v) is 6.48. The molecule has 0 fully saturated rings. The molecule has 2 aromatic carbocycles. The van der Waals surface area contributed by atoms with E-state index in [4.69, 9.17) is 4.74 Å². The van der Waals surface area contributed by atoms with E-state index in [1.165, 1.54) is 6.92 Å². The summed E-state index contributed by atoms with van der Waals surface area (Å²) in [5, 5.41) is 2.75. The molecule has 1 unspecified atom stereocenters. The van der Waals surface area contributed by atoms with E-state index in [1.807, 2.05) is 36.4 Å². The third kappa shape index (κ3) is 5.45. The first kappa shape index (κ1) is 19.7. The molecule has 0 saturated carbocycles. The fourth-order valence-electron chi connectivity index (χ4n) is 3.05. The van der Waals surface area contributed by atoms with Crippen molar-refractivity contribution in [1.82, 2.24) is 5.32 Å². The quantitative estimate of drug-likeness (QED) is 0.559. The van der Waals surface area contributed by atoms with E-state index in [0.29, 0.717) is 6.61 Å². The summed E-state index contributed by atoms with van der Waals surface area (Å²) in [7, 11) is 1.66. The summed E-state index contributed by atoms with van der Waals surface area (Å²) in [6.45, 7) is 4.01. The molecular formula is C22H27NO3. The van der Waals surface area contributed by atoms with Crippen molar-refractivity contribution < 1.29 is 14.3 Å². The van der Waals surface area contributed by atoms with Gasteiger partial charge in [0.05, 0.1) is 6.61 Å². The van der Waals surface area contributed by atoms with Gasteiger partial charge in [-0.3, -0.25) is 9.59 Å². The Labute approximate surface area is 155 Å². The minimum absolute atomic E-state index is 0.0652. The van der Waals surface area contributed by atoms with Gasteiger partial charge in [-0.05, 0) is 47.9 Å². The second-order valence-electron chi connectivity index (χ2n) is 6.48. The number of hydrogen-bond acceptors (Lipinski definition) is 3. The maximum atomic E-state index is 12.4. The number of amides is 1. The Balaban J connectivity index is 2.14. The van der Waals surface area contributed by atoms with E-state index in [0.717, 1.165) is 41.5 Å². The SMILES string of the molecule is CNC(=O)c1cc(-c2ccccc2)ccc1C(C)CCCCOC(C)=O. The summed E-state index contributed by atoms with van der Waals surface area (Å²) in [5.41, 5.74) is 3.91. The van der Waals surface area contributed by atoms with Crippen LogP contribution in [0.25, 0.3) is 11.1 Å². The lowest BCUT2D eigenvalue weighted by Gasteiger charge is -2.17. The molecule has 0 aliphatic carbocycles. The average Bonchev–Trinajstić information content (AvgIpc) is 2.67. The zero-order valence-corrected chi connectivity index (χ0v) is 15.7. The zero-order valence-electron chi connectivity index (χ0n) is 15.7. The van der Waals surface area contributed by atoms with Crippen LogP contribution in [0.2, 0.25) is 0 Å². The molecule has 0 aliphatic heterocycles. The van der Waals surface area contributed by atoms with Crippen LogP contribution < -0.4 is 5.32 Å². The topological polar surface area (TPSA) is 55.4 Å².